The van der Waals surface area contributed by atoms with Gasteiger partial charge in [0.1, 0.15) is 5.58 Å². The van der Waals surface area contributed by atoms with Crippen LogP contribution in [0.1, 0.15) is 10.4 Å². The first-order valence-corrected chi connectivity index (χ1v) is 7.15. The van der Waals surface area contributed by atoms with Gasteiger partial charge < -0.3 is 19.2 Å². The fraction of sp³-hybridized carbons (Fsp3) is 0.0588. The first kappa shape index (κ1) is 15.1. The molecule has 0 unspecified atom stereocenters. The van der Waals surface area contributed by atoms with Crippen molar-refractivity contribution >= 4 is 22.6 Å². The first-order chi connectivity index (χ1) is 11.9. The van der Waals surface area contributed by atoms with E-state index >= 15 is 0 Å². The van der Waals surface area contributed by atoms with Gasteiger partial charge in [-0.1, -0.05) is 0 Å². The molecule has 1 aliphatic rings. The van der Waals surface area contributed by atoms with E-state index in [0.29, 0.717) is 16.7 Å². The molecule has 0 saturated heterocycles. The van der Waals surface area contributed by atoms with Crippen molar-refractivity contribution in [2.45, 2.75) is 6.29 Å². The van der Waals surface area contributed by atoms with Crippen molar-refractivity contribution in [1.82, 2.24) is 0 Å². The minimum atomic E-state index is -3.74. The maximum absolute atomic E-state index is 13.0. The quantitative estimate of drug-likeness (QED) is 0.721. The van der Waals surface area contributed by atoms with Gasteiger partial charge in [0.15, 0.2) is 11.5 Å². The van der Waals surface area contributed by atoms with Crippen LogP contribution in [0.15, 0.2) is 57.7 Å². The highest BCUT2D eigenvalue weighted by Crippen LogP contribution is 2.41. The van der Waals surface area contributed by atoms with E-state index in [1.807, 2.05) is 0 Å². The van der Waals surface area contributed by atoms with Gasteiger partial charge in [0, 0.05) is 22.7 Å². The molecule has 2 heterocycles. The van der Waals surface area contributed by atoms with Crippen molar-refractivity contribution in [1.29, 1.82) is 0 Å². The number of fused-ring (bicyclic) bond motifs is 2. The number of carbonyl (C=O) groups excluding carboxylic acids is 1. The molecule has 0 atom stereocenters. The Morgan fingerprint density at radius 2 is 1.76 bits per heavy atom. The third kappa shape index (κ3) is 2.89. The number of alkyl halides is 2. The molecule has 3 aromatic rings. The molecule has 6 nitrogen and oxygen atoms in total. The number of carbonyl (C=O) groups is 1. The van der Waals surface area contributed by atoms with E-state index in [1.54, 1.807) is 24.3 Å². The molecule has 0 aliphatic carbocycles. The zero-order valence-corrected chi connectivity index (χ0v) is 12.4. The summed E-state index contributed by atoms with van der Waals surface area (Å²) in [5.41, 5.74) is 0.492. The molecular formula is C17H9F2NO5. The highest BCUT2D eigenvalue weighted by Gasteiger charge is 2.43. The summed E-state index contributed by atoms with van der Waals surface area (Å²) in [6.07, 6.45) is -3.74. The van der Waals surface area contributed by atoms with Gasteiger partial charge >= 0.3 is 11.9 Å². The molecule has 1 N–H and O–H groups in total. The minimum Gasteiger partial charge on any atom is -0.423 e. The van der Waals surface area contributed by atoms with Crippen LogP contribution in [0.25, 0.3) is 11.0 Å². The lowest BCUT2D eigenvalue weighted by Gasteiger charge is -2.07. The molecule has 2 aromatic carbocycles. The number of hydrogen-bond acceptors (Lipinski definition) is 5. The van der Waals surface area contributed by atoms with Crippen LogP contribution in [0.2, 0.25) is 0 Å². The highest BCUT2D eigenvalue weighted by molar-refractivity contribution is 6.05. The number of halogens is 2. The lowest BCUT2D eigenvalue weighted by molar-refractivity contribution is -0.286. The van der Waals surface area contributed by atoms with Crippen LogP contribution in [0.4, 0.5) is 14.5 Å². The van der Waals surface area contributed by atoms with Crippen LogP contribution < -0.4 is 20.4 Å². The van der Waals surface area contributed by atoms with E-state index < -0.39 is 17.8 Å². The van der Waals surface area contributed by atoms with Gasteiger partial charge in [-0.25, -0.2) is 4.79 Å². The van der Waals surface area contributed by atoms with Crippen LogP contribution in [0.3, 0.4) is 0 Å². The van der Waals surface area contributed by atoms with Gasteiger partial charge in [-0.2, -0.15) is 0 Å². The van der Waals surface area contributed by atoms with Crippen molar-refractivity contribution in [3.05, 3.63) is 64.5 Å². The molecule has 0 spiro atoms. The first-order valence-electron chi connectivity index (χ1n) is 7.15. The predicted octanol–water partition coefficient (Wildman–Crippen LogP) is 3.37. The molecule has 0 bridgehead atoms. The van der Waals surface area contributed by atoms with E-state index in [4.69, 9.17) is 4.42 Å². The zero-order chi connectivity index (χ0) is 17.6. The second-order valence-electron chi connectivity index (χ2n) is 5.29. The smallest absolute Gasteiger partial charge is 0.423 e. The molecule has 25 heavy (non-hydrogen) atoms. The molecule has 4 rings (SSSR count). The highest BCUT2D eigenvalue weighted by atomic mass is 19.3. The summed E-state index contributed by atoms with van der Waals surface area (Å²) in [5, 5.41) is 3.26. The fourth-order valence-electron chi connectivity index (χ4n) is 2.44. The maximum Gasteiger partial charge on any atom is 0.586 e. The number of ether oxygens (including phenoxy) is 2. The summed E-state index contributed by atoms with van der Waals surface area (Å²) in [7, 11) is 0. The predicted molar refractivity (Wildman–Crippen MR) is 83.1 cm³/mol. The van der Waals surface area contributed by atoms with E-state index in [9.17, 15) is 18.4 Å². The topological polar surface area (TPSA) is 77.8 Å². The fourth-order valence-corrected chi connectivity index (χ4v) is 2.44. The maximum atomic E-state index is 13.0. The standard InChI is InChI=1S/C17H9F2NO5/c18-17(19)24-13-4-1-10(8-14(13)25-17)16(22)20-11-3-5-12-9(7-11)2-6-15(21)23-12/h1-8H,(H,20,22). The average Bonchev–Trinajstić information content (AvgIpc) is 2.87. The third-order valence-corrected chi connectivity index (χ3v) is 3.54. The largest absolute Gasteiger partial charge is 0.586 e. The number of nitrogens with one attached hydrogen (secondary N) is 1. The number of anilines is 1. The third-order valence-electron chi connectivity index (χ3n) is 3.54. The molecule has 8 heteroatoms. The molecule has 0 radical (unpaired) electrons. The van der Waals surface area contributed by atoms with Crippen LogP contribution in [0, 0.1) is 0 Å². The lowest BCUT2D eigenvalue weighted by Crippen LogP contribution is -2.25. The number of rotatable bonds is 2. The second kappa shape index (κ2) is 5.30. The zero-order valence-electron chi connectivity index (χ0n) is 12.4. The summed E-state index contributed by atoms with van der Waals surface area (Å²) in [5.74, 6) is -0.862. The monoisotopic (exact) mass is 345 g/mol. The lowest BCUT2D eigenvalue weighted by atomic mass is 10.1. The van der Waals surface area contributed by atoms with E-state index in [-0.39, 0.29) is 17.1 Å². The SMILES string of the molecule is O=C(Nc1ccc2oc(=O)ccc2c1)c1ccc2c(c1)OC(F)(F)O2. The van der Waals surface area contributed by atoms with Crippen molar-refractivity contribution in [3.8, 4) is 11.5 Å². The van der Waals surface area contributed by atoms with E-state index in [0.717, 1.165) is 0 Å². The Labute approximate surface area is 138 Å². The summed E-state index contributed by atoms with van der Waals surface area (Å²) in [4.78, 5) is 23.5. The van der Waals surface area contributed by atoms with Gasteiger partial charge in [0.2, 0.25) is 0 Å². The summed E-state index contributed by atoms with van der Waals surface area (Å²) in [6.45, 7) is 0. The Hall–Kier alpha value is -3.42. The summed E-state index contributed by atoms with van der Waals surface area (Å²) < 4.78 is 39.6. The number of hydrogen-bond donors (Lipinski definition) is 1. The normalized spacial score (nSPS) is 14.5. The number of benzene rings is 2. The molecule has 1 aliphatic heterocycles. The van der Waals surface area contributed by atoms with Crippen LogP contribution >= 0.6 is 0 Å². The minimum absolute atomic E-state index is 0.125. The second-order valence-corrected chi connectivity index (χ2v) is 5.29. The van der Waals surface area contributed by atoms with Crippen molar-refractivity contribution < 1.29 is 27.5 Å². The Bertz CT molecular complexity index is 1060. The molecule has 1 aromatic heterocycles. The van der Waals surface area contributed by atoms with Crippen LogP contribution in [-0.4, -0.2) is 12.2 Å². The van der Waals surface area contributed by atoms with E-state index in [1.165, 1.54) is 24.3 Å². The van der Waals surface area contributed by atoms with Crippen LogP contribution in [-0.2, 0) is 0 Å². The van der Waals surface area contributed by atoms with Gasteiger partial charge in [-0.3, -0.25) is 4.79 Å². The van der Waals surface area contributed by atoms with Gasteiger partial charge in [-0.05, 0) is 42.5 Å². The molecule has 126 valence electrons. The van der Waals surface area contributed by atoms with Gasteiger partial charge in [-0.15, -0.1) is 8.78 Å². The van der Waals surface area contributed by atoms with Crippen molar-refractivity contribution in [2.24, 2.45) is 0 Å². The van der Waals surface area contributed by atoms with Crippen molar-refractivity contribution in [2.75, 3.05) is 5.32 Å². The Balaban J connectivity index is 1.58. The average molecular weight is 345 g/mol. The van der Waals surface area contributed by atoms with Crippen molar-refractivity contribution in [3.63, 3.8) is 0 Å². The Kier molecular flexibility index (Phi) is 3.21. The molecule has 1 amide bonds. The summed E-state index contributed by atoms with van der Waals surface area (Å²) in [6, 6.07) is 11.3. The molecular weight excluding hydrogens is 336 g/mol. The Morgan fingerprint density at radius 3 is 2.60 bits per heavy atom. The number of amides is 1. The van der Waals surface area contributed by atoms with Crippen LogP contribution in [0.5, 0.6) is 11.5 Å². The summed E-state index contributed by atoms with van der Waals surface area (Å²) >= 11 is 0. The molecule has 0 fully saturated rings. The van der Waals surface area contributed by atoms with Gasteiger partial charge in [0.25, 0.3) is 5.91 Å². The Morgan fingerprint density at radius 1 is 0.960 bits per heavy atom. The van der Waals surface area contributed by atoms with E-state index in [2.05, 4.69) is 14.8 Å². The molecule has 0 saturated carbocycles. The van der Waals surface area contributed by atoms with Gasteiger partial charge in [0.05, 0.1) is 0 Å².